The van der Waals surface area contributed by atoms with E-state index in [0.29, 0.717) is 33.7 Å². The van der Waals surface area contributed by atoms with Crippen molar-refractivity contribution >= 4 is 32.2 Å². The zero-order valence-electron chi connectivity index (χ0n) is 11.9. The van der Waals surface area contributed by atoms with Crippen molar-refractivity contribution in [3.63, 3.8) is 0 Å². The summed E-state index contributed by atoms with van der Waals surface area (Å²) in [5.74, 6) is 0.626. The lowest BCUT2D eigenvalue weighted by Gasteiger charge is -2.11. The van der Waals surface area contributed by atoms with E-state index in [1.807, 2.05) is 0 Å². The number of pyridine rings is 1. The van der Waals surface area contributed by atoms with Crippen LogP contribution in [0, 0.1) is 0 Å². The van der Waals surface area contributed by atoms with Gasteiger partial charge in [-0.3, -0.25) is 4.98 Å². The molecule has 1 aromatic carbocycles. The Bertz CT molecular complexity index is 1030. The lowest BCUT2D eigenvalue weighted by Crippen LogP contribution is -2.00. The third kappa shape index (κ3) is 2.27. The molecular formula is C15H12N4O3S. The second kappa shape index (κ2) is 4.88. The van der Waals surface area contributed by atoms with Crippen molar-refractivity contribution in [3.05, 3.63) is 42.5 Å². The van der Waals surface area contributed by atoms with Crippen LogP contribution >= 0.6 is 0 Å². The molecule has 1 aliphatic rings. The van der Waals surface area contributed by atoms with Crippen LogP contribution in [0.15, 0.2) is 41.8 Å². The fourth-order valence-corrected chi connectivity index (χ4v) is 4.36. The first-order valence-electron chi connectivity index (χ1n) is 6.95. The Morgan fingerprint density at radius 1 is 1.17 bits per heavy atom. The van der Waals surface area contributed by atoms with E-state index in [0.717, 1.165) is 5.56 Å². The van der Waals surface area contributed by atoms with Crippen LogP contribution in [0.2, 0.25) is 0 Å². The highest BCUT2D eigenvalue weighted by molar-refractivity contribution is 7.91. The molecule has 2 N–H and O–H groups in total. The number of nitrogens with zero attached hydrogens (tertiary/aromatic N) is 3. The van der Waals surface area contributed by atoms with E-state index in [2.05, 4.69) is 20.3 Å². The molecule has 0 spiro atoms. The third-order valence-electron chi connectivity index (χ3n) is 3.81. The lowest BCUT2D eigenvalue weighted by molar-refractivity contribution is 0.473. The maximum atomic E-state index is 12.1. The summed E-state index contributed by atoms with van der Waals surface area (Å²) in [5, 5.41) is 13.3. The fraction of sp³-hybridized carbons (Fsp3) is 0.133. The molecule has 7 nitrogen and oxygen atoms in total. The molecule has 0 saturated heterocycles. The van der Waals surface area contributed by atoms with Crippen LogP contribution in [0.25, 0.3) is 10.9 Å². The Morgan fingerprint density at radius 2 is 2.04 bits per heavy atom. The van der Waals surface area contributed by atoms with Gasteiger partial charge in [-0.15, -0.1) is 0 Å². The van der Waals surface area contributed by atoms with Crippen molar-refractivity contribution in [3.8, 4) is 5.75 Å². The largest absolute Gasteiger partial charge is 0.506 e. The number of aromatic hydroxyl groups is 1. The van der Waals surface area contributed by atoms with Crippen molar-refractivity contribution in [1.29, 1.82) is 0 Å². The lowest BCUT2D eigenvalue weighted by atomic mass is 10.1. The molecule has 4 rings (SSSR count). The molecule has 116 valence electrons. The number of hydrogen-bond donors (Lipinski definition) is 2. The summed E-state index contributed by atoms with van der Waals surface area (Å²) in [6, 6.07) is 4.80. The number of hydrogen-bond acceptors (Lipinski definition) is 7. The zero-order valence-corrected chi connectivity index (χ0v) is 12.7. The SMILES string of the molecule is O=S1(=O)CCc2c1ccc1ncnc(Nc3cncc(O)c3)c21. The van der Waals surface area contributed by atoms with Crippen molar-refractivity contribution < 1.29 is 13.5 Å². The second-order valence-corrected chi connectivity index (χ2v) is 7.36. The number of rotatable bonds is 2. The van der Waals surface area contributed by atoms with Gasteiger partial charge in [0.05, 0.1) is 34.2 Å². The monoisotopic (exact) mass is 328 g/mol. The molecule has 1 aliphatic heterocycles. The average Bonchev–Trinajstić information content (AvgIpc) is 2.83. The van der Waals surface area contributed by atoms with E-state index in [1.54, 1.807) is 18.3 Å². The van der Waals surface area contributed by atoms with Crippen LogP contribution in [0.1, 0.15) is 5.56 Å². The average molecular weight is 328 g/mol. The summed E-state index contributed by atoms with van der Waals surface area (Å²) in [6.07, 6.45) is 4.73. The topological polar surface area (TPSA) is 105 Å². The number of sulfone groups is 1. The number of aryl methyl sites for hydroxylation is 1. The molecule has 2 aromatic heterocycles. The minimum absolute atomic E-state index is 0.0289. The number of anilines is 2. The van der Waals surface area contributed by atoms with Crippen molar-refractivity contribution in [2.75, 3.05) is 11.1 Å². The van der Waals surface area contributed by atoms with Gasteiger partial charge in [0, 0.05) is 11.5 Å². The first-order valence-corrected chi connectivity index (χ1v) is 8.60. The molecule has 23 heavy (non-hydrogen) atoms. The maximum absolute atomic E-state index is 12.1. The molecule has 8 heteroatoms. The van der Waals surface area contributed by atoms with Crippen molar-refractivity contribution in [2.24, 2.45) is 0 Å². The van der Waals surface area contributed by atoms with E-state index >= 15 is 0 Å². The molecule has 0 saturated carbocycles. The Hall–Kier alpha value is -2.74. The van der Waals surface area contributed by atoms with Gasteiger partial charge in [-0.25, -0.2) is 18.4 Å². The number of fused-ring (bicyclic) bond motifs is 3. The molecule has 3 heterocycles. The Balaban J connectivity index is 1.92. The quantitative estimate of drug-likeness (QED) is 0.739. The van der Waals surface area contributed by atoms with Gasteiger partial charge in [-0.1, -0.05) is 0 Å². The Labute approximate surface area is 132 Å². The zero-order chi connectivity index (χ0) is 16.0. The van der Waals surface area contributed by atoms with Gasteiger partial charge in [0.2, 0.25) is 0 Å². The van der Waals surface area contributed by atoms with Gasteiger partial charge >= 0.3 is 0 Å². The van der Waals surface area contributed by atoms with Gasteiger partial charge in [0.1, 0.15) is 17.9 Å². The summed E-state index contributed by atoms with van der Waals surface area (Å²) < 4.78 is 24.2. The highest BCUT2D eigenvalue weighted by Gasteiger charge is 2.29. The van der Waals surface area contributed by atoms with Crippen LogP contribution in [0.4, 0.5) is 11.5 Å². The first-order chi connectivity index (χ1) is 11.0. The second-order valence-electron chi connectivity index (χ2n) is 5.28. The minimum atomic E-state index is -3.23. The standard InChI is InChI=1S/C15H12N4O3S/c20-10-5-9(6-16-7-10)19-15-14-11-3-4-23(21,22)13(11)2-1-12(14)17-8-18-15/h1-2,5-8,20H,3-4H2,(H,17,18,19). The summed E-state index contributed by atoms with van der Waals surface area (Å²) >= 11 is 0. The van der Waals surface area contributed by atoms with Gasteiger partial charge in [0.25, 0.3) is 0 Å². The summed E-state index contributed by atoms with van der Waals surface area (Å²) in [7, 11) is -3.23. The molecule has 0 aliphatic carbocycles. The molecular weight excluding hydrogens is 316 g/mol. The number of benzene rings is 1. The highest BCUT2D eigenvalue weighted by Crippen LogP contribution is 2.35. The predicted molar refractivity (Wildman–Crippen MR) is 84.5 cm³/mol. The van der Waals surface area contributed by atoms with Gasteiger partial charge < -0.3 is 10.4 Å². The molecule has 0 unspecified atom stereocenters. The van der Waals surface area contributed by atoms with Gasteiger partial charge in [-0.05, 0) is 24.1 Å². The number of aromatic nitrogens is 3. The van der Waals surface area contributed by atoms with Crippen LogP contribution in [0.5, 0.6) is 5.75 Å². The highest BCUT2D eigenvalue weighted by atomic mass is 32.2. The van der Waals surface area contributed by atoms with E-state index in [4.69, 9.17) is 0 Å². The number of nitrogens with one attached hydrogen (secondary N) is 1. The minimum Gasteiger partial charge on any atom is -0.506 e. The molecule has 0 radical (unpaired) electrons. The normalized spacial score (nSPS) is 15.5. The van der Waals surface area contributed by atoms with Gasteiger partial charge in [0.15, 0.2) is 9.84 Å². The fourth-order valence-electron chi connectivity index (χ4n) is 2.82. The van der Waals surface area contributed by atoms with Crippen LogP contribution in [0.3, 0.4) is 0 Å². The summed E-state index contributed by atoms with van der Waals surface area (Å²) in [6.45, 7) is 0. The third-order valence-corrected chi connectivity index (χ3v) is 5.60. The van der Waals surface area contributed by atoms with E-state index in [9.17, 15) is 13.5 Å². The summed E-state index contributed by atoms with van der Waals surface area (Å²) in [4.78, 5) is 12.7. The Morgan fingerprint density at radius 3 is 2.87 bits per heavy atom. The van der Waals surface area contributed by atoms with Crippen molar-refractivity contribution in [2.45, 2.75) is 11.3 Å². The Kier molecular flexibility index (Phi) is 2.95. The molecule has 0 atom stereocenters. The van der Waals surface area contributed by atoms with Crippen LogP contribution < -0.4 is 5.32 Å². The van der Waals surface area contributed by atoms with Crippen LogP contribution in [-0.2, 0) is 16.3 Å². The molecule has 0 bridgehead atoms. The van der Waals surface area contributed by atoms with E-state index in [1.165, 1.54) is 18.6 Å². The summed E-state index contributed by atoms with van der Waals surface area (Å²) in [5.41, 5.74) is 1.97. The van der Waals surface area contributed by atoms with E-state index < -0.39 is 9.84 Å². The molecule has 0 amide bonds. The molecule has 3 aromatic rings. The smallest absolute Gasteiger partial charge is 0.179 e. The van der Waals surface area contributed by atoms with Crippen LogP contribution in [-0.4, -0.2) is 34.2 Å². The van der Waals surface area contributed by atoms with E-state index in [-0.39, 0.29) is 11.5 Å². The maximum Gasteiger partial charge on any atom is 0.179 e. The predicted octanol–water partition coefficient (Wildman–Crippen LogP) is 1.80. The van der Waals surface area contributed by atoms with Gasteiger partial charge in [-0.2, -0.15) is 0 Å². The molecule has 0 fully saturated rings. The first kappa shape index (κ1) is 13.9. The van der Waals surface area contributed by atoms with Crippen molar-refractivity contribution in [1.82, 2.24) is 15.0 Å².